The van der Waals surface area contributed by atoms with Crippen LogP contribution < -0.4 is 0 Å². The summed E-state index contributed by atoms with van der Waals surface area (Å²) in [5.41, 5.74) is 0. The molecule has 0 amide bonds. The van der Waals surface area contributed by atoms with Crippen LogP contribution in [-0.4, -0.2) is 31.1 Å². The molecule has 0 rings (SSSR count). The Morgan fingerprint density at radius 3 is 0.889 bits per heavy atom. The van der Waals surface area contributed by atoms with Crippen molar-refractivity contribution in [3.8, 4) is 0 Å². The van der Waals surface area contributed by atoms with Crippen LogP contribution >= 0.6 is 7.82 Å². The van der Waals surface area contributed by atoms with Gasteiger partial charge in [-0.3, -0.25) is 0 Å². The predicted molar refractivity (Wildman–Crippen MR) is 20.1 cm³/mol. The molecular weight excluding hydrogens is 199 g/mol. The first-order valence-corrected chi connectivity index (χ1v) is 2.35. The molecule has 0 bridgehead atoms. The van der Waals surface area contributed by atoms with Gasteiger partial charge in [0.15, 0.2) is 0 Å². The number of phosphoric acid groups is 1. The van der Waals surface area contributed by atoms with Crippen LogP contribution in [0.5, 0.6) is 0 Å². The molecule has 9 heteroatoms. The van der Waals surface area contributed by atoms with E-state index in [1.54, 1.807) is 0 Å². The summed E-state index contributed by atoms with van der Waals surface area (Å²) in [5.74, 6) is 0. The van der Waals surface area contributed by atoms with Gasteiger partial charge in [0.2, 0.25) is 0 Å². The molecule has 61 valence electrons. The normalized spacial score (nSPS) is 6.56. The molecule has 0 unspecified atom stereocenters. The summed E-state index contributed by atoms with van der Waals surface area (Å²) < 4.78 is 8.88. The summed E-state index contributed by atoms with van der Waals surface area (Å²) in [6.07, 6.45) is 0. The molecule has 0 spiro atoms. The van der Waals surface area contributed by atoms with Crippen molar-refractivity contribution >= 4 is 7.82 Å². The molecule has 9 heavy (non-hydrogen) atoms. The van der Waals surface area contributed by atoms with Crippen molar-refractivity contribution in [2.45, 2.75) is 0 Å². The Balaban J connectivity index is -0.0000000133. The monoisotopic (exact) mass is 205 g/mol. The van der Waals surface area contributed by atoms with Gasteiger partial charge in [0.05, 0.1) is 0 Å². The molecule has 0 saturated carbocycles. The van der Waals surface area contributed by atoms with Gasteiger partial charge in [0.1, 0.15) is 0 Å². The summed E-state index contributed by atoms with van der Waals surface area (Å²) in [4.78, 5) is 21.6. The van der Waals surface area contributed by atoms with Gasteiger partial charge in [-0.1, -0.05) is 0 Å². The second-order valence-corrected chi connectivity index (χ2v) is 1.54. The minimum atomic E-state index is -4.64. The molecular formula is H6FeO7P. The molecule has 0 aromatic rings. The van der Waals surface area contributed by atoms with Gasteiger partial charge in [-0.2, -0.15) is 0 Å². The summed E-state index contributed by atoms with van der Waals surface area (Å²) in [6, 6.07) is 0. The molecule has 0 aliphatic rings. The van der Waals surface area contributed by atoms with Crippen LogP contribution in [-0.2, 0) is 21.6 Å². The van der Waals surface area contributed by atoms with Crippen LogP contribution in [0.3, 0.4) is 0 Å². The average Bonchev–Trinajstić information content (AvgIpc) is 0.722. The first-order chi connectivity index (χ1) is 2.00. The minimum absolute atomic E-state index is 0. The molecule has 0 heterocycles. The van der Waals surface area contributed by atoms with E-state index in [0.29, 0.717) is 0 Å². The second kappa shape index (κ2) is 11.3. The molecule has 0 aliphatic heterocycles. The Kier molecular flexibility index (Phi) is 42.6. The zero-order valence-electron chi connectivity index (χ0n) is 3.89. The smallest absolute Gasteiger partial charge is 0.870 e. The molecule has 0 aromatic carbocycles. The van der Waals surface area contributed by atoms with Crippen molar-refractivity contribution in [3.05, 3.63) is 0 Å². The van der Waals surface area contributed by atoms with Crippen molar-refractivity contribution in [2.75, 3.05) is 0 Å². The van der Waals surface area contributed by atoms with Crippen LogP contribution in [0.1, 0.15) is 0 Å². The van der Waals surface area contributed by atoms with E-state index in [0.717, 1.165) is 0 Å². The molecule has 0 aliphatic carbocycles. The van der Waals surface area contributed by atoms with Crippen LogP contribution in [0.15, 0.2) is 0 Å². The van der Waals surface area contributed by atoms with Gasteiger partial charge >= 0.3 is 24.9 Å². The SMILES string of the molecule is O=P(O)(O)O.[Fe+3].[OH-].[OH-].[OH-]. The van der Waals surface area contributed by atoms with Gasteiger partial charge < -0.3 is 31.1 Å². The van der Waals surface area contributed by atoms with Crippen molar-refractivity contribution in [1.29, 1.82) is 0 Å². The van der Waals surface area contributed by atoms with Gasteiger partial charge in [-0.25, -0.2) is 4.57 Å². The number of hydrogen-bond donors (Lipinski definition) is 3. The van der Waals surface area contributed by atoms with E-state index in [2.05, 4.69) is 0 Å². The van der Waals surface area contributed by atoms with Crippen molar-refractivity contribution in [1.82, 2.24) is 0 Å². The third kappa shape index (κ3) is 1390. The second-order valence-electron chi connectivity index (χ2n) is 0.513. The fraction of sp³-hybridized carbons (Fsp3) is 0. The Morgan fingerprint density at radius 1 is 0.889 bits per heavy atom. The molecule has 1 radical (unpaired) electrons. The van der Waals surface area contributed by atoms with E-state index in [1.165, 1.54) is 0 Å². The first kappa shape index (κ1) is 33.9. The topological polar surface area (TPSA) is 168 Å². The van der Waals surface area contributed by atoms with Crippen molar-refractivity contribution in [2.24, 2.45) is 0 Å². The van der Waals surface area contributed by atoms with Crippen LogP contribution in [0.4, 0.5) is 0 Å². The Morgan fingerprint density at radius 2 is 0.889 bits per heavy atom. The van der Waals surface area contributed by atoms with E-state index in [9.17, 15) is 0 Å². The Bertz CT molecular complexity index is 55.1. The number of hydrogen-bond acceptors (Lipinski definition) is 4. The molecule has 7 nitrogen and oxygen atoms in total. The third-order valence-electron chi connectivity index (χ3n) is 0. The van der Waals surface area contributed by atoms with E-state index >= 15 is 0 Å². The van der Waals surface area contributed by atoms with Crippen LogP contribution in [0, 0.1) is 0 Å². The maximum atomic E-state index is 8.88. The number of rotatable bonds is 0. The van der Waals surface area contributed by atoms with Crippen molar-refractivity contribution < 1.29 is 52.7 Å². The summed E-state index contributed by atoms with van der Waals surface area (Å²) in [5, 5.41) is 0. The minimum Gasteiger partial charge on any atom is -0.870 e. The molecule has 6 N–H and O–H groups in total. The van der Waals surface area contributed by atoms with Crippen molar-refractivity contribution in [3.63, 3.8) is 0 Å². The van der Waals surface area contributed by atoms with E-state index in [-0.39, 0.29) is 33.5 Å². The zero-order chi connectivity index (χ0) is 4.50. The van der Waals surface area contributed by atoms with Gasteiger partial charge in [0.25, 0.3) is 0 Å². The van der Waals surface area contributed by atoms with Gasteiger partial charge in [-0.15, -0.1) is 0 Å². The fourth-order valence-corrected chi connectivity index (χ4v) is 0. The first-order valence-electron chi connectivity index (χ1n) is 0.783. The van der Waals surface area contributed by atoms with Crippen LogP contribution in [0.2, 0.25) is 0 Å². The predicted octanol–water partition coefficient (Wildman–Crippen LogP) is -1.46. The van der Waals surface area contributed by atoms with E-state index < -0.39 is 7.82 Å². The van der Waals surface area contributed by atoms with Crippen LogP contribution in [0.25, 0.3) is 0 Å². The molecule has 0 fully saturated rings. The summed E-state index contributed by atoms with van der Waals surface area (Å²) in [6.45, 7) is 0. The van der Waals surface area contributed by atoms with E-state index in [1.807, 2.05) is 0 Å². The third-order valence-corrected chi connectivity index (χ3v) is 0. The quantitative estimate of drug-likeness (QED) is 0.320. The fourth-order valence-electron chi connectivity index (χ4n) is 0. The van der Waals surface area contributed by atoms with Gasteiger partial charge in [0, 0.05) is 0 Å². The Labute approximate surface area is 61.3 Å². The molecule has 0 aromatic heterocycles. The average molecular weight is 205 g/mol. The maximum absolute atomic E-state index is 8.88. The molecule has 0 atom stereocenters. The zero-order valence-corrected chi connectivity index (χ0v) is 5.89. The summed E-state index contributed by atoms with van der Waals surface area (Å²) >= 11 is 0. The largest absolute Gasteiger partial charge is 3.00 e. The maximum Gasteiger partial charge on any atom is 3.00 e. The molecule has 0 saturated heterocycles. The summed E-state index contributed by atoms with van der Waals surface area (Å²) in [7, 11) is -4.64. The van der Waals surface area contributed by atoms with Gasteiger partial charge in [-0.05, 0) is 0 Å². The van der Waals surface area contributed by atoms with E-state index in [4.69, 9.17) is 19.2 Å². The Hall–Kier alpha value is 0.509. The standard InChI is InChI=1S/Fe.H3O4P.3H2O/c;1-5(2,3)4;;;/h;(H3,1,2,3,4);3*1H2/q+3;;;;/p-3.